The fourth-order valence-corrected chi connectivity index (χ4v) is 2.54. The zero-order valence-electron chi connectivity index (χ0n) is 14.0. The van der Waals surface area contributed by atoms with Gasteiger partial charge in [0.1, 0.15) is 11.4 Å². The Balaban J connectivity index is 1.95. The Morgan fingerprint density at radius 1 is 1.17 bits per heavy atom. The highest BCUT2D eigenvalue weighted by atomic mass is 16.2. The molecule has 0 spiro atoms. The van der Waals surface area contributed by atoms with Crippen LogP contribution < -0.4 is 5.32 Å². The number of piperazine rings is 1. The molecule has 1 N–H and O–H groups in total. The third kappa shape index (κ3) is 4.78. The Labute approximate surface area is 142 Å². The van der Waals surface area contributed by atoms with Crippen LogP contribution in [0, 0.1) is 0 Å². The molecule has 1 fully saturated rings. The molecule has 2 heterocycles. The normalized spacial score (nSPS) is 14.4. The second kappa shape index (κ2) is 9.00. The maximum Gasteiger partial charge on any atom is 0.272 e. The Morgan fingerprint density at radius 3 is 2.54 bits per heavy atom. The molecule has 0 radical (unpaired) electrons. The molecule has 2 rings (SSSR count). The summed E-state index contributed by atoms with van der Waals surface area (Å²) in [5, 5.41) is 2.82. The summed E-state index contributed by atoms with van der Waals surface area (Å²) in [4.78, 5) is 42.8. The topological polar surface area (TPSA) is 82.6 Å². The Morgan fingerprint density at radius 2 is 1.88 bits per heavy atom. The summed E-state index contributed by atoms with van der Waals surface area (Å²) in [6.45, 7) is 4.71. The minimum absolute atomic E-state index is 0.207. The van der Waals surface area contributed by atoms with Crippen molar-refractivity contribution in [2.45, 2.75) is 26.2 Å². The fourth-order valence-electron chi connectivity index (χ4n) is 2.54. The predicted molar refractivity (Wildman–Crippen MR) is 89.6 cm³/mol. The van der Waals surface area contributed by atoms with E-state index in [0.29, 0.717) is 32.7 Å². The minimum Gasteiger partial charge on any atom is -0.351 e. The van der Waals surface area contributed by atoms with Crippen molar-refractivity contribution < 1.29 is 14.4 Å². The number of aromatic nitrogens is 1. The highest BCUT2D eigenvalue weighted by Gasteiger charge is 2.22. The lowest BCUT2D eigenvalue weighted by Crippen LogP contribution is -2.48. The van der Waals surface area contributed by atoms with E-state index in [0.717, 1.165) is 25.7 Å². The predicted octanol–water partition coefficient (Wildman–Crippen LogP) is 0.916. The van der Waals surface area contributed by atoms with Gasteiger partial charge >= 0.3 is 0 Å². The molecule has 1 aliphatic heterocycles. The van der Waals surface area contributed by atoms with Crippen LogP contribution in [0.3, 0.4) is 0 Å². The molecule has 7 heteroatoms. The lowest BCUT2D eigenvalue weighted by atomic mass is 10.2. The largest absolute Gasteiger partial charge is 0.351 e. The van der Waals surface area contributed by atoms with Crippen LogP contribution in [-0.2, 0) is 4.79 Å². The van der Waals surface area contributed by atoms with Crippen LogP contribution in [0.25, 0.3) is 0 Å². The van der Waals surface area contributed by atoms with Gasteiger partial charge in [0.25, 0.3) is 11.8 Å². The van der Waals surface area contributed by atoms with E-state index in [1.54, 1.807) is 28.0 Å². The van der Waals surface area contributed by atoms with Gasteiger partial charge < -0.3 is 15.1 Å². The smallest absolute Gasteiger partial charge is 0.272 e. The number of nitrogens with one attached hydrogen (secondary N) is 1. The number of hydrogen-bond donors (Lipinski definition) is 1. The van der Waals surface area contributed by atoms with E-state index < -0.39 is 0 Å². The van der Waals surface area contributed by atoms with E-state index in [9.17, 15) is 14.4 Å². The zero-order chi connectivity index (χ0) is 17.4. The molecule has 0 saturated carbocycles. The summed E-state index contributed by atoms with van der Waals surface area (Å²) in [5.74, 6) is -0.465. The minimum atomic E-state index is -0.258. The summed E-state index contributed by atoms with van der Waals surface area (Å²) in [6, 6.07) is 4.89. The summed E-state index contributed by atoms with van der Waals surface area (Å²) < 4.78 is 0. The van der Waals surface area contributed by atoms with Crippen LogP contribution in [0.1, 0.15) is 47.2 Å². The highest BCUT2D eigenvalue weighted by molar-refractivity contribution is 5.96. The van der Waals surface area contributed by atoms with E-state index in [2.05, 4.69) is 17.2 Å². The molecule has 0 bridgehead atoms. The first-order chi connectivity index (χ1) is 11.7. The molecule has 1 aromatic heterocycles. The third-order valence-electron chi connectivity index (χ3n) is 4.02. The second-order valence-corrected chi connectivity index (χ2v) is 5.80. The summed E-state index contributed by atoms with van der Waals surface area (Å²) in [7, 11) is 0. The molecule has 1 saturated heterocycles. The van der Waals surface area contributed by atoms with Crippen molar-refractivity contribution >= 4 is 18.2 Å². The lowest BCUT2D eigenvalue weighted by Gasteiger charge is -2.32. The van der Waals surface area contributed by atoms with Crippen LogP contribution >= 0.6 is 0 Å². The van der Waals surface area contributed by atoms with Crippen molar-refractivity contribution in [3.8, 4) is 0 Å². The SMILES string of the molecule is CCCCCNC(=O)c1cccc(C(=O)N2CCN(C=O)CC2)n1. The van der Waals surface area contributed by atoms with E-state index in [4.69, 9.17) is 0 Å². The molecule has 1 aliphatic rings. The average molecular weight is 332 g/mol. The Bertz CT molecular complexity index is 583. The van der Waals surface area contributed by atoms with Gasteiger partial charge in [-0.3, -0.25) is 14.4 Å². The Hall–Kier alpha value is -2.44. The monoisotopic (exact) mass is 332 g/mol. The quantitative estimate of drug-likeness (QED) is 0.594. The van der Waals surface area contributed by atoms with Crippen molar-refractivity contribution in [3.63, 3.8) is 0 Å². The van der Waals surface area contributed by atoms with E-state index >= 15 is 0 Å². The maximum atomic E-state index is 12.5. The van der Waals surface area contributed by atoms with E-state index in [1.807, 2.05) is 0 Å². The van der Waals surface area contributed by atoms with E-state index in [1.165, 1.54) is 0 Å². The molecule has 24 heavy (non-hydrogen) atoms. The van der Waals surface area contributed by atoms with Crippen molar-refractivity contribution in [1.29, 1.82) is 0 Å². The summed E-state index contributed by atoms with van der Waals surface area (Å²) in [5.41, 5.74) is 0.514. The number of rotatable bonds is 7. The van der Waals surface area contributed by atoms with Crippen LogP contribution in [0.4, 0.5) is 0 Å². The average Bonchev–Trinajstić information content (AvgIpc) is 2.64. The third-order valence-corrected chi connectivity index (χ3v) is 4.02. The molecular formula is C17H24N4O3. The lowest BCUT2D eigenvalue weighted by molar-refractivity contribution is -0.119. The molecule has 1 aromatic rings. The van der Waals surface area contributed by atoms with Gasteiger partial charge in [0.15, 0.2) is 0 Å². The Kier molecular flexibility index (Phi) is 6.72. The van der Waals surface area contributed by atoms with Crippen LogP contribution in [-0.4, -0.2) is 65.7 Å². The van der Waals surface area contributed by atoms with Crippen molar-refractivity contribution in [1.82, 2.24) is 20.1 Å². The number of nitrogens with zero attached hydrogens (tertiary/aromatic N) is 3. The van der Waals surface area contributed by atoms with Gasteiger partial charge in [-0.2, -0.15) is 0 Å². The molecular weight excluding hydrogens is 308 g/mol. The number of hydrogen-bond acceptors (Lipinski definition) is 4. The highest BCUT2D eigenvalue weighted by Crippen LogP contribution is 2.07. The number of carbonyl (C=O) groups excluding carboxylic acids is 3. The van der Waals surface area contributed by atoms with Crippen molar-refractivity contribution in [2.75, 3.05) is 32.7 Å². The van der Waals surface area contributed by atoms with Gasteiger partial charge in [0, 0.05) is 32.7 Å². The fraction of sp³-hybridized carbons (Fsp3) is 0.529. The van der Waals surface area contributed by atoms with E-state index in [-0.39, 0.29) is 23.2 Å². The number of pyridine rings is 1. The van der Waals surface area contributed by atoms with Crippen LogP contribution in [0.5, 0.6) is 0 Å². The molecule has 7 nitrogen and oxygen atoms in total. The summed E-state index contributed by atoms with van der Waals surface area (Å²) in [6.07, 6.45) is 3.89. The number of amides is 3. The molecule has 130 valence electrons. The zero-order valence-corrected chi connectivity index (χ0v) is 14.0. The number of carbonyl (C=O) groups is 3. The maximum absolute atomic E-state index is 12.5. The van der Waals surface area contributed by atoms with Crippen molar-refractivity contribution in [2.24, 2.45) is 0 Å². The van der Waals surface area contributed by atoms with Gasteiger partial charge in [-0.1, -0.05) is 25.8 Å². The molecule has 0 aliphatic carbocycles. The van der Waals surface area contributed by atoms with Gasteiger partial charge in [0.05, 0.1) is 0 Å². The number of unbranched alkanes of at least 4 members (excludes halogenated alkanes) is 2. The molecule has 0 unspecified atom stereocenters. The van der Waals surface area contributed by atoms with Gasteiger partial charge in [-0.25, -0.2) is 4.98 Å². The molecule has 3 amide bonds. The summed E-state index contributed by atoms with van der Waals surface area (Å²) >= 11 is 0. The van der Waals surface area contributed by atoms with Gasteiger partial charge in [-0.05, 0) is 18.6 Å². The van der Waals surface area contributed by atoms with Gasteiger partial charge in [-0.15, -0.1) is 0 Å². The van der Waals surface area contributed by atoms with Crippen LogP contribution in [0.15, 0.2) is 18.2 Å². The first-order valence-corrected chi connectivity index (χ1v) is 8.39. The van der Waals surface area contributed by atoms with Crippen LogP contribution in [0.2, 0.25) is 0 Å². The molecule has 0 atom stereocenters. The first-order valence-electron chi connectivity index (χ1n) is 8.39. The first kappa shape index (κ1) is 17.9. The second-order valence-electron chi connectivity index (χ2n) is 5.80. The van der Waals surface area contributed by atoms with Crippen molar-refractivity contribution in [3.05, 3.63) is 29.6 Å². The standard InChI is InChI=1S/C17H24N4O3/c1-2-3-4-8-18-16(23)14-6-5-7-15(19-14)17(24)21-11-9-20(13-22)10-12-21/h5-7,13H,2-4,8-12H2,1H3,(H,18,23). The molecule has 0 aromatic carbocycles. The van der Waals surface area contributed by atoms with Gasteiger partial charge in [0.2, 0.25) is 6.41 Å².